The Morgan fingerprint density at radius 1 is 1.00 bits per heavy atom. The number of rotatable bonds is 12. The Labute approximate surface area is 276 Å². The van der Waals surface area contributed by atoms with Gasteiger partial charge >= 0.3 is 5.97 Å². The molecule has 1 saturated heterocycles. The van der Waals surface area contributed by atoms with Crippen molar-refractivity contribution in [1.82, 2.24) is 29.2 Å². The third kappa shape index (κ3) is 8.08. The molecule has 250 valence electrons. The van der Waals surface area contributed by atoms with Crippen molar-refractivity contribution in [2.75, 3.05) is 45.6 Å². The third-order valence-corrected chi connectivity index (χ3v) is 9.15. The molecule has 5 rings (SSSR count). The average molecular weight is 642 g/mol. The quantitative estimate of drug-likeness (QED) is 0.228. The van der Waals surface area contributed by atoms with E-state index in [4.69, 9.17) is 15.5 Å². The summed E-state index contributed by atoms with van der Waals surface area (Å²) in [5, 5.41) is 0.996. The van der Waals surface area contributed by atoms with Crippen molar-refractivity contribution in [3.63, 3.8) is 0 Å². The van der Waals surface area contributed by atoms with Gasteiger partial charge in [0.25, 0.3) is 0 Å². The molecule has 47 heavy (non-hydrogen) atoms. The second kappa shape index (κ2) is 15.4. The van der Waals surface area contributed by atoms with Crippen molar-refractivity contribution in [3.05, 3.63) is 65.5 Å². The SMILES string of the molecule is CCCCc1nc2c(N)nc3ccccc3c2n1CC(CN(Cc1cccc(CC(=O)OC)c1)C(C)=O)N1CCCN(C(C)=O)CC1. The van der Waals surface area contributed by atoms with E-state index in [1.807, 2.05) is 52.3 Å². The van der Waals surface area contributed by atoms with Gasteiger partial charge in [0.2, 0.25) is 11.8 Å². The fourth-order valence-corrected chi connectivity index (χ4v) is 6.60. The first-order valence-corrected chi connectivity index (χ1v) is 16.6. The van der Waals surface area contributed by atoms with Crippen molar-refractivity contribution in [3.8, 4) is 0 Å². The molecule has 1 unspecified atom stereocenters. The summed E-state index contributed by atoms with van der Waals surface area (Å²) in [7, 11) is 1.38. The first-order chi connectivity index (χ1) is 22.7. The van der Waals surface area contributed by atoms with E-state index >= 15 is 0 Å². The predicted octanol–water partition coefficient (Wildman–Crippen LogP) is 4.20. The van der Waals surface area contributed by atoms with Crippen molar-refractivity contribution in [1.29, 1.82) is 0 Å². The number of amides is 2. The number of nitrogen functional groups attached to an aromatic ring is 1. The molecule has 1 aliphatic heterocycles. The maximum Gasteiger partial charge on any atom is 0.309 e. The van der Waals surface area contributed by atoms with Crippen molar-refractivity contribution in [2.45, 2.75) is 72.0 Å². The first kappa shape index (κ1) is 33.8. The smallest absolute Gasteiger partial charge is 0.309 e. The van der Waals surface area contributed by atoms with Crippen molar-refractivity contribution in [2.24, 2.45) is 0 Å². The Hall–Kier alpha value is -4.51. The lowest BCUT2D eigenvalue weighted by Crippen LogP contribution is -2.49. The van der Waals surface area contributed by atoms with E-state index in [9.17, 15) is 14.4 Å². The Bertz CT molecular complexity index is 1740. The molecule has 1 aliphatic rings. The number of para-hydroxylation sites is 1. The summed E-state index contributed by atoms with van der Waals surface area (Å²) in [6, 6.07) is 15.7. The van der Waals surface area contributed by atoms with E-state index in [0.29, 0.717) is 50.6 Å². The number of aryl methyl sites for hydroxylation is 1. The highest BCUT2D eigenvalue weighted by Crippen LogP contribution is 2.30. The molecule has 2 amide bonds. The Morgan fingerprint density at radius 2 is 1.79 bits per heavy atom. The summed E-state index contributed by atoms with van der Waals surface area (Å²) < 4.78 is 7.17. The van der Waals surface area contributed by atoms with E-state index in [1.54, 1.807) is 13.8 Å². The number of unbranched alkanes of at least 4 members (excludes halogenated alkanes) is 1. The van der Waals surface area contributed by atoms with Crippen LogP contribution < -0.4 is 5.73 Å². The highest BCUT2D eigenvalue weighted by Gasteiger charge is 2.29. The average Bonchev–Trinajstić information content (AvgIpc) is 3.23. The number of imidazole rings is 1. The topological polar surface area (TPSA) is 127 Å². The number of methoxy groups -OCH3 is 1. The minimum absolute atomic E-state index is 0.0332. The maximum atomic E-state index is 13.3. The summed E-state index contributed by atoms with van der Waals surface area (Å²) in [6.45, 7) is 9.72. The van der Waals surface area contributed by atoms with Crippen LogP contribution in [0.2, 0.25) is 0 Å². The van der Waals surface area contributed by atoms with Gasteiger partial charge in [-0.1, -0.05) is 55.8 Å². The number of fused-ring (bicyclic) bond motifs is 3. The number of anilines is 1. The number of nitrogens with two attached hydrogens (primary N) is 1. The summed E-state index contributed by atoms with van der Waals surface area (Å²) in [4.78, 5) is 53.5. The number of hydrogen-bond acceptors (Lipinski definition) is 8. The minimum Gasteiger partial charge on any atom is -0.469 e. The molecule has 11 heteroatoms. The lowest BCUT2D eigenvalue weighted by molar-refractivity contribution is -0.139. The van der Waals surface area contributed by atoms with Gasteiger partial charge < -0.3 is 24.8 Å². The fraction of sp³-hybridized carbons (Fsp3) is 0.472. The molecule has 0 saturated carbocycles. The summed E-state index contributed by atoms with van der Waals surface area (Å²) >= 11 is 0. The van der Waals surface area contributed by atoms with Gasteiger partial charge in [0, 0.05) is 77.5 Å². The number of esters is 1. The summed E-state index contributed by atoms with van der Waals surface area (Å²) in [5.74, 6) is 1.12. The zero-order valence-electron chi connectivity index (χ0n) is 28.1. The van der Waals surface area contributed by atoms with Gasteiger partial charge in [-0.05, 0) is 30.0 Å². The summed E-state index contributed by atoms with van der Waals surface area (Å²) in [5.41, 5.74) is 10.8. The number of hydrogen-bond donors (Lipinski definition) is 1. The third-order valence-electron chi connectivity index (χ3n) is 9.15. The monoisotopic (exact) mass is 641 g/mol. The predicted molar refractivity (Wildman–Crippen MR) is 184 cm³/mol. The number of benzene rings is 2. The molecule has 11 nitrogen and oxygen atoms in total. The molecule has 0 radical (unpaired) electrons. The zero-order chi connectivity index (χ0) is 33.5. The maximum absolute atomic E-state index is 13.3. The van der Waals surface area contributed by atoms with E-state index in [-0.39, 0.29) is 30.2 Å². The van der Waals surface area contributed by atoms with Crippen LogP contribution in [0.1, 0.15) is 57.0 Å². The molecule has 1 atom stereocenters. The van der Waals surface area contributed by atoms with Gasteiger partial charge in [-0.3, -0.25) is 19.3 Å². The molecular formula is C36H47N7O4. The number of ether oxygens (including phenoxy) is 1. The first-order valence-electron chi connectivity index (χ1n) is 16.6. The number of carbonyl (C=O) groups excluding carboxylic acids is 3. The van der Waals surface area contributed by atoms with Crippen LogP contribution in [0.25, 0.3) is 21.9 Å². The molecule has 2 aromatic heterocycles. The zero-order valence-corrected chi connectivity index (χ0v) is 28.1. The Balaban J connectivity index is 1.54. The molecule has 0 spiro atoms. The van der Waals surface area contributed by atoms with Crippen LogP contribution in [0.4, 0.5) is 5.82 Å². The number of pyridine rings is 1. The van der Waals surface area contributed by atoms with E-state index in [2.05, 4.69) is 27.4 Å². The van der Waals surface area contributed by atoms with E-state index < -0.39 is 0 Å². The van der Waals surface area contributed by atoms with Crippen molar-refractivity contribution < 1.29 is 19.1 Å². The van der Waals surface area contributed by atoms with Crippen LogP contribution in [0.3, 0.4) is 0 Å². The second-order valence-electron chi connectivity index (χ2n) is 12.5. The molecule has 3 heterocycles. The van der Waals surface area contributed by atoms with Gasteiger partial charge in [-0.2, -0.15) is 0 Å². The molecule has 2 N–H and O–H groups in total. The summed E-state index contributed by atoms with van der Waals surface area (Å²) in [6.07, 6.45) is 3.83. The fourth-order valence-electron chi connectivity index (χ4n) is 6.60. The lowest BCUT2D eigenvalue weighted by Gasteiger charge is -2.35. The van der Waals surface area contributed by atoms with Gasteiger partial charge in [0.1, 0.15) is 11.3 Å². The molecule has 2 aromatic carbocycles. The Kier molecular flexibility index (Phi) is 11.1. The van der Waals surface area contributed by atoms with Gasteiger partial charge in [-0.25, -0.2) is 9.97 Å². The Morgan fingerprint density at radius 3 is 2.53 bits per heavy atom. The molecule has 0 aliphatic carbocycles. The van der Waals surface area contributed by atoms with E-state index in [0.717, 1.165) is 65.6 Å². The number of aromatic nitrogens is 3. The van der Waals surface area contributed by atoms with Crippen LogP contribution >= 0.6 is 0 Å². The largest absolute Gasteiger partial charge is 0.469 e. The lowest BCUT2D eigenvalue weighted by atomic mass is 10.1. The van der Waals surface area contributed by atoms with E-state index in [1.165, 1.54) is 7.11 Å². The van der Waals surface area contributed by atoms with Gasteiger partial charge in [0.05, 0.1) is 24.6 Å². The number of nitrogens with zero attached hydrogens (tertiary/aromatic N) is 6. The second-order valence-corrected chi connectivity index (χ2v) is 12.5. The normalized spacial score (nSPS) is 14.7. The molecule has 1 fully saturated rings. The van der Waals surface area contributed by atoms with Crippen LogP contribution in [0.5, 0.6) is 0 Å². The molecule has 4 aromatic rings. The molecular weight excluding hydrogens is 594 g/mol. The van der Waals surface area contributed by atoms with Gasteiger partial charge in [-0.15, -0.1) is 0 Å². The van der Waals surface area contributed by atoms with Gasteiger partial charge in [0.15, 0.2) is 5.82 Å². The van der Waals surface area contributed by atoms with Crippen LogP contribution in [-0.4, -0.2) is 92.9 Å². The van der Waals surface area contributed by atoms with Crippen LogP contribution in [-0.2, 0) is 45.1 Å². The van der Waals surface area contributed by atoms with Crippen LogP contribution in [0, 0.1) is 0 Å². The standard InChI is InChI=1S/C36H47N7O4/c1-5-6-15-32-39-34-35(30-13-7-8-14-31(30)38-36(34)37)43(32)24-29(41-17-10-16-40(18-19-41)25(2)44)23-42(26(3)45)22-28-12-9-11-27(20-28)21-33(46)47-4/h7-9,11-14,20,29H,5-6,10,15-19,21-24H2,1-4H3,(H2,37,38). The highest BCUT2D eigenvalue weighted by molar-refractivity contribution is 6.06. The number of carbonyl (C=O) groups is 3. The highest BCUT2D eigenvalue weighted by atomic mass is 16.5. The minimum atomic E-state index is -0.304. The van der Waals surface area contributed by atoms with Crippen molar-refractivity contribution >= 4 is 45.5 Å². The molecule has 0 bridgehead atoms. The van der Waals surface area contributed by atoms with Crippen LogP contribution in [0.15, 0.2) is 48.5 Å².